The molecule has 0 atom stereocenters. The Balaban J connectivity index is 2.69. The quantitative estimate of drug-likeness (QED) is 0.438. The highest BCUT2D eigenvalue weighted by molar-refractivity contribution is 5.79. The molecule has 0 fully saturated rings. The smallest absolute Gasteiger partial charge is 0.193 e. The molecular weight excluding hydrogens is 93.1 g/mol. The van der Waals surface area contributed by atoms with Crippen LogP contribution in [0.15, 0.2) is 16.8 Å². The molecule has 0 aliphatic carbocycles. The van der Waals surface area contributed by atoms with Crippen LogP contribution < -0.4 is 0 Å². The third kappa shape index (κ3) is 0.856. The number of hydrogen-bond acceptors (Lipinski definition) is 1. The molecule has 0 spiro atoms. The molecule has 2 heteroatoms. The highest BCUT2D eigenvalue weighted by atomic mass is 19.1. The van der Waals surface area contributed by atoms with Crippen LogP contribution in [0.3, 0.4) is 0 Å². The van der Waals surface area contributed by atoms with Crippen molar-refractivity contribution >= 4 is 5.97 Å². The average molecular weight is 99.1 g/mol. The number of rotatable bonds is 0. The van der Waals surface area contributed by atoms with E-state index >= 15 is 0 Å². The van der Waals surface area contributed by atoms with Crippen LogP contribution in [0, 0.1) is 0 Å². The van der Waals surface area contributed by atoms with Gasteiger partial charge in [0.2, 0.25) is 0 Å². The molecule has 1 rings (SSSR count). The summed E-state index contributed by atoms with van der Waals surface area (Å²) in [4.78, 5) is 3.50. The van der Waals surface area contributed by atoms with E-state index in [1.165, 1.54) is 0 Å². The van der Waals surface area contributed by atoms with Crippen LogP contribution >= 0.6 is 0 Å². The largest absolute Gasteiger partial charge is 0.229 e. The molecule has 1 heterocycles. The number of allylic oxidation sites excluding steroid dienone is 2. The third-order valence-corrected chi connectivity index (χ3v) is 0.864. The normalized spacial score (nSPS) is 19.1. The lowest BCUT2D eigenvalue weighted by Crippen LogP contribution is -1.75. The summed E-state index contributed by atoms with van der Waals surface area (Å²) < 4.78 is 11.9. The van der Waals surface area contributed by atoms with E-state index in [9.17, 15) is 4.39 Å². The monoisotopic (exact) mass is 99.0 g/mol. The van der Waals surface area contributed by atoms with Gasteiger partial charge in [-0.1, -0.05) is 6.08 Å². The van der Waals surface area contributed by atoms with E-state index in [4.69, 9.17) is 0 Å². The first-order chi connectivity index (χ1) is 3.29. The van der Waals surface area contributed by atoms with Crippen molar-refractivity contribution in [1.82, 2.24) is 0 Å². The average Bonchev–Trinajstić information content (AvgIpc) is 1.87. The summed E-state index contributed by atoms with van der Waals surface area (Å²) in [6, 6.07) is 0. The summed E-state index contributed by atoms with van der Waals surface area (Å²) in [5, 5.41) is 0. The van der Waals surface area contributed by atoms with E-state index in [1.54, 1.807) is 13.0 Å². The Bertz CT molecular complexity index is 135. The maximum atomic E-state index is 11.9. The van der Waals surface area contributed by atoms with Gasteiger partial charge in [-0.25, -0.2) is 4.99 Å². The molecule has 0 radical (unpaired) electrons. The van der Waals surface area contributed by atoms with Gasteiger partial charge in [0.25, 0.3) is 0 Å². The van der Waals surface area contributed by atoms with Crippen molar-refractivity contribution in [3.63, 3.8) is 0 Å². The van der Waals surface area contributed by atoms with Gasteiger partial charge < -0.3 is 0 Å². The zero-order valence-corrected chi connectivity index (χ0v) is 4.11. The number of nitrogens with zero attached hydrogens (tertiary/aromatic N) is 1. The van der Waals surface area contributed by atoms with Gasteiger partial charge in [-0.3, -0.25) is 0 Å². The maximum Gasteiger partial charge on any atom is 0.193 e. The lowest BCUT2D eigenvalue weighted by molar-refractivity contribution is 0.789. The first-order valence-corrected chi connectivity index (χ1v) is 2.19. The van der Waals surface area contributed by atoms with Gasteiger partial charge in [0.1, 0.15) is 0 Å². The molecule has 0 aromatic rings. The lowest BCUT2D eigenvalue weighted by Gasteiger charge is -1.75. The zero-order chi connectivity index (χ0) is 5.28. The van der Waals surface area contributed by atoms with Crippen molar-refractivity contribution in [1.29, 1.82) is 0 Å². The molecule has 1 nitrogen and oxygen atoms in total. The van der Waals surface area contributed by atoms with E-state index in [0.717, 1.165) is 5.70 Å². The Kier molecular flexibility index (Phi) is 0.929. The fourth-order valence-electron chi connectivity index (χ4n) is 0.515. The predicted molar refractivity (Wildman–Crippen MR) is 26.9 cm³/mol. The van der Waals surface area contributed by atoms with Crippen LogP contribution in [0.5, 0.6) is 0 Å². The molecule has 0 N–H and O–H groups in total. The molecule has 0 aromatic carbocycles. The maximum absolute atomic E-state index is 11.9. The van der Waals surface area contributed by atoms with E-state index in [-0.39, 0.29) is 5.97 Å². The lowest BCUT2D eigenvalue weighted by atomic mass is 10.4. The van der Waals surface area contributed by atoms with Crippen molar-refractivity contribution in [3.05, 3.63) is 11.8 Å². The highest BCUT2D eigenvalue weighted by Crippen LogP contribution is 2.08. The van der Waals surface area contributed by atoms with E-state index in [1.807, 2.05) is 0 Å². The van der Waals surface area contributed by atoms with Crippen LogP contribution in [-0.2, 0) is 0 Å². The number of halogens is 1. The second-order valence-electron chi connectivity index (χ2n) is 1.54. The van der Waals surface area contributed by atoms with Gasteiger partial charge in [-0.2, -0.15) is 4.39 Å². The molecule has 38 valence electrons. The van der Waals surface area contributed by atoms with Crippen LogP contribution in [0.1, 0.15) is 13.3 Å². The van der Waals surface area contributed by atoms with Crippen molar-refractivity contribution in [2.75, 3.05) is 0 Å². The van der Waals surface area contributed by atoms with Gasteiger partial charge in [-0.15, -0.1) is 0 Å². The standard InChI is InChI=1S/C5H6FN/c1-4-2-3-5(6)7-4/h2H,3H2,1H3. The number of aliphatic imine (C=N–C) groups is 1. The van der Waals surface area contributed by atoms with Crippen LogP contribution in [0.4, 0.5) is 4.39 Å². The molecule has 0 aromatic heterocycles. The molecule has 0 saturated carbocycles. The molecule has 0 saturated heterocycles. The van der Waals surface area contributed by atoms with Crippen molar-refractivity contribution < 1.29 is 4.39 Å². The topological polar surface area (TPSA) is 12.4 Å². The second kappa shape index (κ2) is 1.45. The van der Waals surface area contributed by atoms with Crippen LogP contribution in [-0.4, -0.2) is 5.97 Å². The van der Waals surface area contributed by atoms with E-state index < -0.39 is 0 Å². The Morgan fingerprint density at radius 2 is 2.57 bits per heavy atom. The molecule has 1 aliphatic rings. The minimum atomic E-state index is -0.266. The summed E-state index contributed by atoms with van der Waals surface area (Å²) in [6.07, 6.45) is 2.15. The highest BCUT2D eigenvalue weighted by Gasteiger charge is 2.00. The minimum Gasteiger partial charge on any atom is -0.229 e. The molecule has 0 bridgehead atoms. The second-order valence-corrected chi connectivity index (χ2v) is 1.54. The third-order valence-electron chi connectivity index (χ3n) is 0.864. The summed E-state index contributed by atoms with van der Waals surface area (Å²) in [5.41, 5.74) is 0.789. The van der Waals surface area contributed by atoms with Gasteiger partial charge >= 0.3 is 0 Å². The number of hydrogen-bond donors (Lipinski definition) is 0. The summed E-state index contributed by atoms with van der Waals surface area (Å²) in [6.45, 7) is 1.78. The van der Waals surface area contributed by atoms with Crippen LogP contribution in [0.2, 0.25) is 0 Å². The molecule has 0 unspecified atom stereocenters. The van der Waals surface area contributed by atoms with Gasteiger partial charge in [0.15, 0.2) is 5.97 Å². The zero-order valence-electron chi connectivity index (χ0n) is 4.11. The van der Waals surface area contributed by atoms with Gasteiger partial charge in [-0.05, 0) is 6.92 Å². The fourth-order valence-corrected chi connectivity index (χ4v) is 0.515. The minimum absolute atomic E-state index is 0.266. The molecule has 7 heavy (non-hydrogen) atoms. The fraction of sp³-hybridized carbons (Fsp3) is 0.400. The Hall–Kier alpha value is -0.660. The summed E-state index contributed by atoms with van der Waals surface area (Å²) in [5.74, 6) is -0.266. The Morgan fingerprint density at radius 3 is 2.71 bits per heavy atom. The van der Waals surface area contributed by atoms with E-state index in [2.05, 4.69) is 4.99 Å². The van der Waals surface area contributed by atoms with Crippen molar-refractivity contribution in [3.8, 4) is 0 Å². The Labute approximate surface area is 41.6 Å². The SMILES string of the molecule is CC1=CCC(F)=N1. The Morgan fingerprint density at radius 1 is 1.86 bits per heavy atom. The predicted octanol–water partition coefficient (Wildman–Crippen LogP) is 1.66. The van der Waals surface area contributed by atoms with E-state index in [0.29, 0.717) is 6.42 Å². The van der Waals surface area contributed by atoms with Crippen molar-refractivity contribution in [2.45, 2.75) is 13.3 Å². The molecule has 1 aliphatic heterocycles. The first kappa shape index (κ1) is 4.50. The first-order valence-electron chi connectivity index (χ1n) is 2.19. The van der Waals surface area contributed by atoms with Gasteiger partial charge in [0, 0.05) is 12.1 Å². The van der Waals surface area contributed by atoms with Crippen molar-refractivity contribution in [2.24, 2.45) is 4.99 Å². The summed E-state index contributed by atoms with van der Waals surface area (Å²) in [7, 11) is 0. The molecule has 0 amide bonds. The molecular formula is C5H6FN. The summed E-state index contributed by atoms with van der Waals surface area (Å²) >= 11 is 0. The van der Waals surface area contributed by atoms with Crippen LogP contribution in [0.25, 0.3) is 0 Å². The van der Waals surface area contributed by atoms with Gasteiger partial charge in [0.05, 0.1) is 0 Å².